The van der Waals surface area contributed by atoms with Crippen molar-refractivity contribution in [3.8, 4) is 0 Å². The predicted molar refractivity (Wildman–Crippen MR) is 168 cm³/mol. The summed E-state index contributed by atoms with van der Waals surface area (Å²) in [5.41, 5.74) is 2.85. The monoisotopic (exact) mass is 651 g/mol. The van der Waals surface area contributed by atoms with Crippen molar-refractivity contribution in [2.75, 3.05) is 29.9 Å². The number of hydrogen-bond donors (Lipinski definition) is 3. The smallest absolute Gasteiger partial charge is 0.451 e. The number of aromatic nitrogens is 4. The van der Waals surface area contributed by atoms with Gasteiger partial charge in [-0.2, -0.15) is 23.1 Å². The molecule has 2 aromatic carbocycles. The second kappa shape index (κ2) is 13.6. The highest BCUT2D eigenvalue weighted by Gasteiger charge is 2.51. The fourth-order valence-electron chi connectivity index (χ4n) is 6.38. The molecule has 2 aromatic heterocycles. The lowest BCUT2D eigenvalue weighted by Gasteiger charge is -2.25. The lowest BCUT2D eigenvalue weighted by Crippen LogP contribution is -2.45. The highest BCUT2D eigenvalue weighted by atomic mass is 19.4. The van der Waals surface area contributed by atoms with E-state index in [2.05, 4.69) is 39.9 Å². The molecular formula is C33H36F3N7O4. The number of amides is 1. The Morgan fingerprint density at radius 2 is 1.66 bits per heavy atom. The number of aliphatic hydroxyl groups excluding tert-OH is 1. The number of aliphatic hydroxyl groups is 1. The second-order valence-corrected chi connectivity index (χ2v) is 11.8. The Morgan fingerprint density at radius 1 is 1.02 bits per heavy atom. The molecule has 4 aromatic rings. The molecule has 1 aliphatic carbocycles. The van der Waals surface area contributed by atoms with E-state index in [4.69, 9.17) is 14.7 Å². The third-order valence-corrected chi connectivity index (χ3v) is 8.80. The molecule has 3 N–H and O–H groups in total. The van der Waals surface area contributed by atoms with Gasteiger partial charge in [-0.05, 0) is 30.4 Å². The summed E-state index contributed by atoms with van der Waals surface area (Å²) in [4.78, 5) is 40.4. The lowest BCUT2D eigenvalue weighted by atomic mass is 9.91. The number of nitrogens with zero attached hydrogens (tertiary/aromatic N) is 5. The van der Waals surface area contributed by atoms with Crippen LogP contribution in [0.3, 0.4) is 0 Å². The number of ether oxygens (including phenoxy) is 1. The number of halogens is 3. The first-order chi connectivity index (χ1) is 22.6. The van der Waals surface area contributed by atoms with E-state index in [1.807, 2.05) is 41.3 Å². The summed E-state index contributed by atoms with van der Waals surface area (Å²) in [5.74, 6) is -2.01. The van der Waals surface area contributed by atoms with Crippen LogP contribution in [0.1, 0.15) is 55.7 Å². The van der Waals surface area contributed by atoms with Crippen LogP contribution in [-0.4, -0.2) is 80.6 Å². The Labute approximate surface area is 269 Å². The number of esters is 1. The van der Waals surface area contributed by atoms with Gasteiger partial charge in [-0.1, -0.05) is 67.6 Å². The van der Waals surface area contributed by atoms with Gasteiger partial charge in [0.1, 0.15) is 6.10 Å². The summed E-state index contributed by atoms with van der Waals surface area (Å²) in [6, 6.07) is 18.1. The molecule has 6 rings (SSSR count). The largest absolute Gasteiger partial charge is 0.490 e. The summed E-state index contributed by atoms with van der Waals surface area (Å²) in [5, 5.41) is 17.2. The molecule has 4 atom stereocenters. The number of imidazole rings is 1. The number of fused-ring (bicyclic) bond motifs is 1. The summed E-state index contributed by atoms with van der Waals surface area (Å²) in [6.45, 7) is 3.53. The maximum Gasteiger partial charge on any atom is 0.490 e. The van der Waals surface area contributed by atoms with Crippen LogP contribution in [0.4, 0.5) is 24.9 Å². The average Bonchev–Trinajstić information content (AvgIpc) is 3.82. The number of alkyl halides is 3. The Morgan fingerprint density at radius 3 is 2.26 bits per heavy atom. The van der Waals surface area contributed by atoms with E-state index in [0.717, 1.165) is 37.1 Å². The van der Waals surface area contributed by atoms with E-state index in [-0.39, 0.29) is 18.8 Å². The van der Waals surface area contributed by atoms with Crippen molar-refractivity contribution in [3.05, 3.63) is 78.1 Å². The molecule has 248 valence electrons. The number of anilines is 2. The highest BCUT2D eigenvalue weighted by Crippen LogP contribution is 2.38. The quantitative estimate of drug-likeness (QED) is 0.214. The van der Waals surface area contributed by atoms with E-state index < -0.39 is 42.3 Å². The van der Waals surface area contributed by atoms with Crippen LogP contribution in [0.25, 0.3) is 11.2 Å². The standard InChI is InChI=1S/C33H36F3N7O4/c1-2-25(44)39-23-17-24(28(27(23)45)47-31(46)33(34,35)36)43-19-38-26-29(40-32(41-30(26)43)42-15-9-10-16-42)37-18-22(20-11-5-3-6-12-20)21-13-7-4-8-14-21/h3-8,11-14,19,22-24,27-28,45H,2,9-10,15-18H2,1H3,(H,39,44)(H,37,40,41)/t23-,24+,27+,28-/m0/s1. The van der Waals surface area contributed by atoms with Crippen LogP contribution in [0, 0.1) is 0 Å². The zero-order valence-corrected chi connectivity index (χ0v) is 25.7. The van der Waals surface area contributed by atoms with Gasteiger partial charge in [0.2, 0.25) is 11.9 Å². The number of hydrogen-bond acceptors (Lipinski definition) is 9. The first-order valence-corrected chi connectivity index (χ1v) is 15.7. The van der Waals surface area contributed by atoms with Crippen molar-refractivity contribution >= 4 is 34.8 Å². The third kappa shape index (κ3) is 6.87. The normalized spacial score (nSPS) is 21.4. The summed E-state index contributed by atoms with van der Waals surface area (Å²) in [7, 11) is 0. The van der Waals surface area contributed by atoms with Gasteiger partial charge in [0, 0.05) is 32.0 Å². The number of benzene rings is 2. The van der Waals surface area contributed by atoms with Gasteiger partial charge in [-0.25, -0.2) is 9.78 Å². The van der Waals surface area contributed by atoms with Crippen LogP contribution >= 0.6 is 0 Å². The molecule has 14 heteroatoms. The van der Waals surface area contributed by atoms with Gasteiger partial charge in [-0.3, -0.25) is 4.79 Å². The van der Waals surface area contributed by atoms with Crippen molar-refractivity contribution in [1.29, 1.82) is 0 Å². The van der Waals surface area contributed by atoms with E-state index in [0.29, 0.717) is 29.5 Å². The Hall–Kier alpha value is -4.72. The van der Waals surface area contributed by atoms with E-state index in [9.17, 15) is 27.9 Å². The van der Waals surface area contributed by atoms with E-state index >= 15 is 0 Å². The maximum absolute atomic E-state index is 13.3. The van der Waals surface area contributed by atoms with Crippen LogP contribution in [-0.2, 0) is 14.3 Å². The van der Waals surface area contributed by atoms with Gasteiger partial charge < -0.3 is 29.9 Å². The Balaban J connectivity index is 1.39. The fourth-order valence-corrected chi connectivity index (χ4v) is 6.38. The van der Waals surface area contributed by atoms with Gasteiger partial charge in [0.15, 0.2) is 23.1 Å². The average molecular weight is 652 g/mol. The molecule has 0 radical (unpaired) electrons. The maximum atomic E-state index is 13.3. The molecule has 47 heavy (non-hydrogen) atoms. The summed E-state index contributed by atoms with van der Waals surface area (Å²) in [6.07, 6.45) is -5.12. The van der Waals surface area contributed by atoms with Gasteiger partial charge in [-0.15, -0.1) is 0 Å². The molecular weight excluding hydrogens is 615 g/mol. The number of carbonyl (C=O) groups is 2. The summed E-state index contributed by atoms with van der Waals surface area (Å²) < 4.78 is 46.3. The zero-order valence-electron chi connectivity index (χ0n) is 25.7. The van der Waals surface area contributed by atoms with Crippen molar-refractivity contribution < 1.29 is 32.6 Å². The third-order valence-electron chi connectivity index (χ3n) is 8.80. The molecule has 11 nitrogen and oxygen atoms in total. The van der Waals surface area contributed by atoms with Crippen molar-refractivity contribution in [2.45, 2.75) is 69.0 Å². The molecule has 2 aliphatic rings. The molecule has 0 spiro atoms. The van der Waals surface area contributed by atoms with Crippen molar-refractivity contribution in [3.63, 3.8) is 0 Å². The molecule has 0 unspecified atom stereocenters. The van der Waals surface area contributed by atoms with Crippen LogP contribution < -0.4 is 15.5 Å². The zero-order chi connectivity index (χ0) is 33.1. The minimum Gasteiger partial charge on any atom is -0.451 e. The van der Waals surface area contributed by atoms with Crippen molar-refractivity contribution in [1.82, 2.24) is 24.8 Å². The highest BCUT2D eigenvalue weighted by molar-refractivity contribution is 5.85. The molecule has 1 amide bonds. The molecule has 2 fully saturated rings. The minimum absolute atomic E-state index is 0.0237. The lowest BCUT2D eigenvalue weighted by molar-refractivity contribution is -0.209. The SMILES string of the molecule is CCC(=O)N[C@H]1C[C@@H](n2cnc3c(NCC(c4ccccc4)c4ccccc4)nc(N4CCCC4)nc32)[C@H](OC(=O)C(F)(F)F)[C@@H]1O. The molecule has 0 bridgehead atoms. The second-order valence-electron chi connectivity index (χ2n) is 11.8. The fraction of sp³-hybridized carbons (Fsp3) is 0.424. The predicted octanol–water partition coefficient (Wildman–Crippen LogP) is 4.35. The van der Waals surface area contributed by atoms with Gasteiger partial charge >= 0.3 is 12.1 Å². The number of nitrogens with one attached hydrogen (secondary N) is 2. The van der Waals surface area contributed by atoms with Gasteiger partial charge in [0.05, 0.1) is 18.4 Å². The molecule has 1 saturated heterocycles. The van der Waals surface area contributed by atoms with E-state index in [1.54, 1.807) is 6.92 Å². The molecule has 1 aliphatic heterocycles. The number of carbonyl (C=O) groups excluding carboxylic acids is 2. The first-order valence-electron chi connectivity index (χ1n) is 15.7. The van der Waals surface area contributed by atoms with Crippen LogP contribution in [0.2, 0.25) is 0 Å². The van der Waals surface area contributed by atoms with Crippen LogP contribution in [0.15, 0.2) is 67.0 Å². The first kappa shape index (κ1) is 32.2. The summed E-state index contributed by atoms with van der Waals surface area (Å²) >= 11 is 0. The molecule has 1 saturated carbocycles. The Bertz CT molecular complexity index is 1660. The van der Waals surface area contributed by atoms with Crippen molar-refractivity contribution in [2.24, 2.45) is 0 Å². The van der Waals surface area contributed by atoms with Crippen LogP contribution in [0.5, 0.6) is 0 Å². The topological polar surface area (TPSA) is 134 Å². The molecule has 3 heterocycles. The Kier molecular flexibility index (Phi) is 9.30. The van der Waals surface area contributed by atoms with E-state index in [1.165, 1.54) is 10.9 Å². The minimum atomic E-state index is -5.28. The van der Waals surface area contributed by atoms with Gasteiger partial charge in [0.25, 0.3) is 0 Å². The number of rotatable bonds is 10.